The number of piperazine rings is 1. The van der Waals surface area contributed by atoms with Gasteiger partial charge in [0.05, 0.1) is 31.6 Å². The molecule has 0 unspecified atom stereocenters. The van der Waals surface area contributed by atoms with E-state index >= 15 is 0 Å². The molecule has 7 heteroatoms. The molecule has 118 valence electrons. The van der Waals surface area contributed by atoms with Crippen LogP contribution in [0.4, 0.5) is 0 Å². The first-order chi connectivity index (χ1) is 10.5. The second-order valence-electron chi connectivity index (χ2n) is 5.91. The number of aromatic nitrogens is 2. The van der Waals surface area contributed by atoms with Crippen molar-refractivity contribution in [2.75, 3.05) is 26.2 Å². The van der Waals surface area contributed by atoms with Crippen LogP contribution in [0.15, 0.2) is 4.79 Å². The Labute approximate surface area is 132 Å². The highest BCUT2D eigenvalue weighted by molar-refractivity contribution is 7.18. The largest absolute Gasteiger partial charge is 0.332 e. The van der Waals surface area contributed by atoms with Crippen LogP contribution < -0.4 is 10.5 Å². The fourth-order valence-electron chi connectivity index (χ4n) is 2.93. The van der Waals surface area contributed by atoms with E-state index in [9.17, 15) is 9.59 Å². The molecule has 0 bridgehead atoms. The van der Waals surface area contributed by atoms with E-state index < -0.39 is 0 Å². The van der Waals surface area contributed by atoms with Crippen molar-refractivity contribution in [3.8, 4) is 0 Å². The fourth-order valence-corrected chi connectivity index (χ4v) is 3.98. The van der Waals surface area contributed by atoms with Crippen LogP contribution in [0.2, 0.25) is 0 Å². The highest BCUT2D eigenvalue weighted by atomic mass is 32.1. The summed E-state index contributed by atoms with van der Waals surface area (Å²) >= 11 is 1.58. The number of hydrogen-bond donors (Lipinski definition) is 2. The highest BCUT2D eigenvalue weighted by Gasteiger charge is 2.22. The van der Waals surface area contributed by atoms with Crippen LogP contribution in [0.1, 0.15) is 23.2 Å². The summed E-state index contributed by atoms with van der Waals surface area (Å²) in [5.74, 6) is 0.876. The maximum Gasteiger partial charge on any atom is 0.260 e. The van der Waals surface area contributed by atoms with Crippen LogP contribution in [0, 0.1) is 13.8 Å². The Balaban J connectivity index is 1.78. The molecule has 2 aromatic rings. The molecule has 0 spiro atoms. The van der Waals surface area contributed by atoms with Gasteiger partial charge in [-0.25, -0.2) is 4.98 Å². The molecule has 3 heterocycles. The normalized spacial score (nSPS) is 16.4. The number of thiophene rings is 1. The number of hydrogen-bond acceptors (Lipinski definition) is 4. The topological polar surface area (TPSA) is 70.5 Å². The predicted molar refractivity (Wildman–Crippen MR) is 86.4 cm³/mol. The van der Waals surface area contributed by atoms with Crippen LogP contribution in [0.25, 0.3) is 10.2 Å². The van der Waals surface area contributed by atoms with E-state index in [0.29, 0.717) is 6.54 Å². The predicted octanol–water partition coefficient (Wildman–Crippen LogP) is -0.152. The summed E-state index contributed by atoms with van der Waals surface area (Å²) in [6.07, 6.45) is 0. The minimum atomic E-state index is -0.0383. The zero-order valence-electron chi connectivity index (χ0n) is 13.2. The summed E-state index contributed by atoms with van der Waals surface area (Å²) in [7, 11) is 0. The Hall–Kier alpha value is -1.73. The molecule has 0 saturated carbocycles. The molecular weight excluding hydrogens is 300 g/mol. The van der Waals surface area contributed by atoms with E-state index in [1.54, 1.807) is 18.3 Å². The molecule has 2 N–H and O–H groups in total. The molecule has 0 aromatic carbocycles. The van der Waals surface area contributed by atoms with Crippen molar-refractivity contribution in [3.05, 3.63) is 26.6 Å². The second kappa shape index (κ2) is 5.81. The van der Waals surface area contributed by atoms with Gasteiger partial charge in [0.1, 0.15) is 11.4 Å². The number of rotatable bonds is 2. The van der Waals surface area contributed by atoms with E-state index in [2.05, 4.69) is 9.97 Å². The number of fused-ring (bicyclic) bond motifs is 1. The van der Waals surface area contributed by atoms with Gasteiger partial charge in [0.2, 0.25) is 5.91 Å². The highest BCUT2D eigenvalue weighted by Crippen LogP contribution is 2.25. The summed E-state index contributed by atoms with van der Waals surface area (Å²) in [4.78, 5) is 36.4. The van der Waals surface area contributed by atoms with Crippen LogP contribution in [0.3, 0.4) is 0 Å². The van der Waals surface area contributed by atoms with E-state index in [1.165, 1.54) is 4.90 Å². The smallest absolute Gasteiger partial charge is 0.260 e. The Bertz CT molecular complexity index is 772. The molecule has 22 heavy (non-hydrogen) atoms. The van der Waals surface area contributed by atoms with Gasteiger partial charge in [-0.3, -0.25) is 9.59 Å². The number of carbonyl (C=O) groups excluding carboxylic acids is 1. The first-order valence-corrected chi connectivity index (χ1v) is 8.35. The quantitative estimate of drug-likeness (QED) is 0.808. The molecule has 2 aromatic heterocycles. The first-order valence-electron chi connectivity index (χ1n) is 7.53. The zero-order chi connectivity index (χ0) is 15.9. The summed E-state index contributed by atoms with van der Waals surface area (Å²) in [6, 6.07) is 0. The molecule has 0 aliphatic carbocycles. The zero-order valence-corrected chi connectivity index (χ0v) is 14.0. The van der Waals surface area contributed by atoms with Gasteiger partial charge in [0.25, 0.3) is 5.56 Å². The molecule has 1 aliphatic rings. The monoisotopic (exact) mass is 321 g/mol. The summed E-state index contributed by atoms with van der Waals surface area (Å²) in [6.45, 7) is 9.63. The van der Waals surface area contributed by atoms with E-state index in [1.807, 2.05) is 18.7 Å². The average molecular weight is 321 g/mol. The lowest BCUT2D eigenvalue weighted by Gasteiger charge is -2.31. The lowest BCUT2D eigenvalue weighted by atomic mass is 10.2. The molecule has 6 nitrogen and oxygen atoms in total. The summed E-state index contributed by atoms with van der Waals surface area (Å²) < 4.78 is 0. The number of nitrogens with zero attached hydrogens (tertiary/aromatic N) is 2. The summed E-state index contributed by atoms with van der Waals surface area (Å²) in [5.41, 5.74) is 0.992. The Kier molecular flexibility index (Phi) is 4.01. The summed E-state index contributed by atoms with van der Waals surface area (Å²) in [5, 5.41) is 0.725. The number of nitrogens with one attached hydrogen (secondary N) is 2. The van der Waals surface area contributed by atoms with Crippen molar-refractivity contribution in [3.63, 3.8) is 0 Å². The number of amides is 1. The van der Waals surface area contributed by atoms with Crippen molar-refractivity contribution in [2.45, 2.75) is 27.3 Å². The van der Waals surface area contributed by atoms with Crippen LogP contribution >= 0.6 is 11.3 Å². The van der Waals surface area contributed by atoms with Crippen LogP contribution in [-0.4, -0.2) is 47.0 Å². The lowest BCUT2D eigenvalue weighted by Crippen LogP contribution is -3.13. The number of aryl methyl sites for hydroxylation is 2. The Morgan fingerprint density at radius 3 is 2.68 bits per heavy atom. The van der Waals surface area contributed by atoms with Gasteiger partial charge in [0.15, 0.2) is 5.82 Å². The van der Waals surface area contributed by atoms with Crippen LogP contribution in [0.5, 0.6) is 0 Å². The average Bonchev–Trinajstić information content (AvgIpc) is 2.75. The maximum atomic E-state index is 12.3. The van der Waals surface area contributed by atoms with Crippen molar-refractivity contribution >= 4 is 27.5 Å². The van der Waals surface area contributed by atoms with E-state index in [0.717, 1.165) is 52.7 Å². The van der Waals surface area contributed by atoms with Gasteiger partial charge < -0.3 is 14.8 Å². The van der Waals surface area contributed by atoms with Crippen molar-refractivity contribution in [1.29, 1.82) is 0 Å². The molecule has 0 radical (unpaired) electrons. The molecule has 1 aliphatic heterocycles. The minimum Gasteiger partial charge on any atom is -0.332 e. The second-order valence-corrected chi connectivity index (χ2v) is 7.11. The lowest BCUT2D eigenvalue weighted by molar-refractivity contribution is -0.918. The van der Waals surface area contributed by atoms with E-state index in [-0.39, 0.29) is 11.5 Å². The van der Waals surface area contributed by atoms with Crippen molar-refractivity contribution in [1.82, 2.24) is 14.9 Å². The van der Waals surface area contributed by atoms with Gasteiger partial charge in [-0.15, -0.1) is 11.3 Å². The minimum absolute atomic E-state index is 0.0383. The van der Waals surface area contributed by atoms with Crippen molar-refractivity contribution < 1.29 is 9.69 Å². The Morgan fingerprint density at radius 2 is 2.05 bits per heavy atom. The van der Waals surface area contributed by atoms with Crippen molar-refractivity contribution in [2.24, 2.45) is 0 Å². The van der Waals surface area contributed by atoms with Gasteiger partial charge in [-0.1, -0.05) is 0 Å². The number of quaternary nitrogens is 1. The number of aromatic amines is 1. The molecular formula is C15H21N4O2S+. The molecule has 3 rings (SSSR count). The SMILES string of the molecule is CC(=O)N1CC[NH+](Cc2nc3sc(C)c(C)c3c(=O)[nH]2)CC1. The molecule has 1 amide bonds. The standard InChI is InChI=1S/C15H20N4O2S/c1-9-10(2)22-15-13(9)14(21)16-12(17-15)8-18-4-6-19(7-5-18)11(3)20/h4-8H2,1-3H3,(H,16,17,21)/p+1. The third-order valence-corrected chi connectivity index (χ3v) is 5.52. The number of H-pyrrole nitrogens is 1. The van der Waals surface area contributed by atoms with Gasteiger partial charge in [-0.05, 0) is 19.4 Å². The van der Waals surface area contributed by atoms with Gasteiger partial charge in [0, 0.05) is 11.8 Å². The molecule has 0 atom stereocenters. The van der Waals surface area contributed by atoms with E-state index in [4.69, 9.17) is 0 Å². The maximum absolute atomic E-state index is 12.3. The molecule has 1 saturated heterocycles. The Morgan fingerprint density at radius 1 is 1.36 bits per heavy atom. The van der Waals surface area contributed by atoms with Gasteiger partial charge >= 0.3 is 0 Å². The first kappa shape index (κ1) is 15.2. The number of carbonyl (C=O) groups is 1. The molecule has 1 fully saturated rings. The third-order valence-electron chi connectivity index (χ3n) is 4.42. The fraction of sp³-hybridized carbons (Fsp3) is 0.533. The van der Waals surface area contributed by atoms with Gasteiger partial charge in [-0.2, -0.15) is 0 Å². The van der Waals surface area contributed by atoms with Crippen LogP contribution in [-0.2, 0) is 11.3 Å². The third kappa shape index (κ3) is 2.78.